The van der Waals surface area contributed by atoms with Gasteiger partial charge >= 0.3 is 0 Å². The maximum atomic E-state index is 12.8. The molecule has 0 atom stereocenters. The van der Waals surface area contributed by atoms with Crippen molar-refractivity contribution < 1.29 is 18.1 Å². The molecule has 0 bridgehead atoms. The number of nitro benzene ring substituents is 1. The van der Waals surface area contributed by atoms with E-state index in [9.17, 15) is 23.3 Å². The highest BCUT2D eigenvalue weighted by atomic mass is 35.5. The van der Waals surface area contributed by atoms with Crippen molar-refractivity contribution in [3.8, 4) is 0 Å². The fourth-order valence-electron chi connectivity index (χ4n) is 2.50. The lowest BCUT2D eigenvalue weighted by Gasteiger charge is -2.13. The number of hydrogen-bond donors (Lipinski definition) is 2. The van der Waals surface area contributed by atoms with E-state index in [2.05, 4.69) is 10.0 Å². The van der Waals surface area contributed by atoms with Crippen molar-refractivity contribution in [1.82, 2.24) is 0 Å². The minimum absolute atomic E-state index is 0.0222. The van der Waals surface area contributed by atoms with Gasteiger partial charge in [0, 0.05) is 22.8 Å². The number of nitro groups is 1. The number of carbonyl (C=O) groups excluding carboxylic acids is 1. The Balaban J connectivity index is 1.99. The van der Waals surface area contributed by atoms with Crippen molar-refractivity contribution in [2.45, 2.75) is 4.90 Å². The maximum Gasteiger partial charge on any atom is 0.270 e. The van der Waals surface area contributed by atoms with Gasteiger partial charge in [-0.2, -0.15) is 0 Å². The predicted octanol–water partition coefficient (Wildman–Crippen LogP) is 5.61. The number of non-ortho nitro benzene ring substituents is 1. The van der Waals surface area contributed by atoms with E-state index in [1.807, 2.05) is 0 Å². The average Bonchev–Trinajstić information content (AvgIpc) is 2.71. The van der Waals surface area contributed by atoms with Gasteiger partial charge in [0.25, 0.3) is 21.6 Å². The smallest absolute Gasteiger partial charge is 0.270 e. The summed E-state index contributed by atoms with van der Waals surface area (Å²) < 4.78 is 27.8. The van der Waals surface area contributed by atoms with Crippen LogP contribution in [0.3, 0.4) is 0 Å². The van der Waals surface area contributed by atoms with E-state index in [0.717, 1.165) is 24.3 Å². The quantitative estimate of drug-likeness (QED) is 0.337. The molecule has 160 valence electrons. The highest BCUT2D eigenvalue weighted by Crippen LogP contribution is 2.29. The van der Waals surface area contributed by atoms with Gasteiger partial charge in [0.15, 0.2) is 0 Å². The van der Waals surface area contributed by atoms with Gasteiger partial charge in [0.1, 0.15) is 0 Å². The van der Waals surface area contributed by atoms with E-state index < -0.39 is 26.5 Å². The first-order valence-corrected chi connectivity index (χ1v) is 11.0. The third-order valence-electron chi connectivity index (χ3n) is 4.01. The van der Waals surface area contributed by atoms with Gasteiger partial charge < -0.3 is 5.32 Å². The lowest BCUT2D eigenvalue weighted by molar-refractivity contribution is -0.384. The lowest BCUT2D eigenvalue weighted by atomic mass is 10.1. The Morgan fingerprint density at radius 2 is 1.58 bits per heavy atom. The molecule has 8 nitrogen and oxygen atoms in total. The Kier molecular flexibility index (Phi) is 6.71. The van der Waals surface area contributed by atoms with E-state index in [1.54, 1.807) is 12.1 Å². The molecule has 0 heterocycles. The van der Waals surface area contributed by atoms with Gasteiger partial charge in [-0.15, -0.1) is 0 Å². The summed E-state index contributed by atoms with van der Waals surface area (Å²) in [5, 5.41) is 14.3. The molecular weight excluding hydrogens is 489 g/mol. The van der Waals surface area contributed by atoms with Crippen molar-refractivity contribution in [2.75, 3.05) is 10.0 Å². The van der Waals surface area contributed by atoms with Crippen LogP contribution < -0.4 is 10.0 Å². The molecule has 0 unspecified atom stereocenters. The van der Waals surface area contributed by atoms with Crippen LogP contribution in [0.2, 0.25) is 15.1 Å². The van der Waals surface area contributed by atoms with Crippen LogP contribution in [0, 0.1) is 10.1 Å². The molecule has 2 N–H and O–H groups in total. The number of carbonyl (C=O) groups is 1. The molecule has 1 amide bonds. The number of nitrogens with zero attached hydrogens (tertiary/aromatic N) is 1. The number of sulfonamides is 1. The number of hydrogen-bond acceptors (Lipinski definition) is 5. The van der Waals surface area contributed by atoms with Gasteiger partial charge in [-0.05, 0) is 48.5 Å². The summed E-state index contributed by atoms with van der Waals surface area (Å²) in [5.74, 6) is -0.766. The molecule has 0 aromatic heterocycles. The largest absolute Gasteiger partial charge is 0.322 e. The number of halogens is 3. The molecule has 0 aliphatic rings. The van der Waals surface area contributed by atoms with Crippen LogP contribution in [0.15, 0.2) is 65.6 Å². The van der Waals surface area contributed by atoms with Crippen LogP contribution in [-0.4, -0.2) is 19.2 Å². The van der Waals surface area contributed by atoms with Crippen molar-refractivity contribution in [1.29, 1.82) is 0 Å². The minimum Gasteiger partial charge on any atom is -0.322 e. The standard InChI is InChI=1S/C19H12Cl3N3O5S/c20-11-1-3-12(4-2-11)23-19(26)15-9-13(25(27)28)5-8-18(15)24-31(29,30)14-6-7-16(21)17(22)10-14/h1-10,24H,(H,23,26). The molecule has 31 heavy (non-hydrogen) atoms. The first-order valence-electron chi connectivity index (χ1n) is 8.40. The molecule has 0 fully saturated rings. The molecule has 3 rings (SSSR count). The molecule has 0 saturated carbocycles. The fourth-order valence-corrected chi connectivity index (χ4v) is 4.10. The van der Waals surface area contributed by atoms with Crippen molar-refractivity contribution in [2.24, 2.45) is 0 Å². The third-order valence-corrected chi connectivity index (χ3v) is 6.36. The molecule has 3 aromatic carbocycles. The summed E-state index contributed by atoms with van der Waals surface area (Å²) in [6, 6.07) is 13.0. The Labute approximate surface area is 191 Å². The summed E-state index contributed by atoms with van der Waals surface area (Å²) in [6.07, 6.45) is 0. The Morgan fingerprint density at radius 1 is 0.903 bits per heavy atom. The van der Waals surface area contributed by atoms with Crippen molar-refractivity contribution >= 4 is 67.8 Å². The van der Waals surface area contributed by atoms with Gasteiger partial charge in [-0.3, -0.25) is 19.6 Å². The summed E-state index contributed by atoms with van der Waals surface area (Å²) in [4.78, 5) is 23.0. The molecule has 3 aromatic rings. The number of nitrogens with one attached hydrogen (secondary N) is 2. The second-order valence-electron chi connectivity index (χ2n) is 6.13. The van der Waals surface area contributed by atoms with Crippen LogP contribution in [0.25, 0.3) is 0 Å². The molecule has 0 radical (unpaired) electrons. The van der Waals surface area contributed by atoms with E-state index in [-0.39, 0.29) is 26.2 Å². The molecular formula is C19H12Cl3N3O5S. The topological polar surface area (TPSA) is 118 Å². The Hall–Kier alpha value is -2.85. The van der Waals surface area contributed by atoms with Gasteiger partial charge in [0.05, 0.1) is 31.1 Å². The summed E-state index contributed by atoms with van der Waals surface area (Å²) in [5.41, 5.74) is -0.450. The van der Waals surface area contributed by atoms with E-state index in [4.69, 9.17) is 34.8 Å². The fraction of sp³-hybridized carbons (Fsp3) is 0. The van der Waals surface area contributed by atoms with E-state index in [0.29, 0.717) is 10.7 Å². The van der Waals surface area contributed by atoms with Crippen LogP contribution in [0.4, 0.5) is 17.1 Å². The second-order valence-corrected chi connectivity index (χ2v) is 9.06. The number of amides is 1. The predicted molar refractivity (Wildman–Crippen MR) is 120 cm³/mol. The summed E-state index contributed by atoms with van der Waals surface area (Å²) in [6.45, 7) is 0. The minimum atomic E-state index is -4.18. The van der Waals surface area contributed by atoms with Crippen LogP contribution >= 0.6 is 34.8 Å². The average molecular weight is 501 g/mol. The van der Waals surface area contributed by atoms with Crippen molar-refractivity contribution in [3.63, 3.8) is 0 Å². The zero-order valence-corrected chi connectivity index (χ0v) is 18.4. The maximum absolute atomic E-state index is 12.8. The lowest BCUT2D eigenvalue weighted by Crippen LogP contribution is -2.19. The number of benzene rings is 3. The second kappa shape index (κ2) is 9.11. The summed E-state index contributed by atoms with van der Waals surface area (Å²) >= 11 is 17.5. The van der Waals surface area contributed by atoms with Crippen molar-refractivity contribution in [3.05, 3.63) is 91.4 Å². The van der Waals surface area contributed by atoms with E-state index in [1.165, 1.54) is 24.3 Å². The monoisotopic (exact) mass is 499 g/mol. The Bertz CT molecular complexity index is 1280. The number of rotatable bonds is 6. The first-order chi connectivity index (χ1) is 14.6. The Morgan fingerprint density at radius 3 is 2.19 bits per heavy atom. The van der Waals surface area contributed by atoms with E-state index >= 15 is 0 Å². The van der Waals surface area contributed by atoms with Gasteiger partial charge in [-0.25, -0.2) is 8.42 Å². The van der Waals surface area contributed by atoms with Gasteiger partial charge in [-0.1, -0.05) is 34.8 Å². The first kappa shape index (κ1) is 22.8. The molecule has 0 aliphatic heterocycles. The van der Waals surface area contributed by atoms with Crippen LogP contribution in [-0.2, 0) is 10.0 Å². The normalized spacial score (nSPS) is 11.1. The number of anilines is 2. The highest BCUT2D eigenvalue weighted by molar-refractivity contribution is 7.92. The summed E-state index contributed by atoms with van der Waals surface area (Å²) in [7, 11) is -4.18. The third kappa shape index (κ3) is 5.45. The highest BCUT2D eigenvalue weighted by Gasteiger charge is 2.22. The van der Waals surface area contributed by atoms with Gasteiger partial charge in [0.2, 0.25) is 0 Å². The molecule has 0 aliphatic carbocycles. The zero-order chi connectivity index (χ0) is 22.8. The molecule has 12 heteroatoms. The SMILES string of the molecule is O=C(Nc1ccc(Cl)cc1)c1cc([N+](=O)[O-])ccc1NS(=O)(=O)c1ccc(Cl)c(Cl)c1. The molecule has 0 saturated heterocycles. The van der Waals surface area contributed by atoms with Crippen LogP contribution in [0.5, 0.6) is 0 Å². The van der Waals surface area contributed by atoms with Crippen LogP contribution in [0.1, 0.15) is 10.4 Å². The zero-order valence-electron chi connectivity index (χ0n) is 15.3. The molecule has 0 spiro atoms.